The van der Waals surface area contributed by atoms with Crippen LogP contribution in [0.2, 0.25) is 0 Å². The molecule has 0 heterocycles. The van der Waals surface area contributed by atoms with Gasteiger partial charge in [-0.15, -0.1) is 0 Å². The first-order valence-electron chi connectivity index (χ1n) is 4.34. The molecule has 15 heavy (non-hydrogen) atoms. The van der Waals surface area contributed by atoms with E-state index >= 15 is 0 Å². The van der Waals surface area contributed by atoms with Gasteiger partial charge in [-0.05, 0) is 0 Å². The third-order valence-electron chi connectivity index (χ3n) is 1.64. The van der Waals surface area contributed by atoms with E-state index in [1.807, 2.05) is 6.07 Å². The maximum atomic E-state index is 11.9. The van der Waals surface area contributed by atoms with Crippen molar-refractivity contribution in [3.8, 4) is 5.75 Å². The zero-order chi connectivity index (χ0) is 11.3. The summed E-state index contributed by atoms with van der Waals surface area (Å²) in [5.41, 5.74) is 0. The van der Waals surface area contributed by atoms with Gasteiger partial charge in [-0.25, -0.2) is 0 Å². The van der Waals surface area contributed by atoms with Crippen molar-refractivity contribution in [2.45, 2.75) is 6.42 Å². The molecule has 0 saturated carbocycles. The van der Waals surface area contributed by atoms with Gasteiger partial charge in [0.2, 0.25) is 0 Å². The van der Waals surface area contributed by atoms with E-state index in [1.54, 1.807) is 24.3 Å². The van der Waals surface area contributed by atoms with Crippen LogP contribution in [-0.4, -0.2) is 39.2 Å². The van der Waals surface area contributed by atoms with E-state index in [-0.39, 0.29) is 12.6 Å². The molecule has 0 aliphatic carbocycles. The Kier molecular flexibility index (Phi) is 4.67. The monoisotopic (exact) mass is 334 g/mol. The molecule has 0 amide bonds. The molecule has 80 valence electrons. The second-order valence-electron chi connectivity index (χ2n) is 3.00. The van der Waals surface area contributed by atoms with Gasteiger partial charge in [0.15, 0.2) is 0 Å². The Labute approximate surface area is 101 Å². The third-order valence-corrected chi connectivity index (χ3v) is 6.12. The molecule has 1 aromatic rings. The van der Waals surface area contributed by atoms with Gasteiger partial charge in [-0.3, -0.25) is 0 Å². The van der Waals surface area contributed by atoms with E-state index < -0.39 is 11.0 Å². The van der Waals surface area contributed by atoms with Crippen LogP contribution in [0, 0.1) is 0 Å². The summed E-state index contributed by atoms with van der Waals surface area (Å²) in [6.45, 7) is 0. The molecular weight excluding hydrogens is 322 g/mol. The normalized spacial score (nSPS) is 14.2. The predicted octanol–water partition coefficient (Wildman–Crippen LogP) is 1.63. The summed E-state index contributed by atoms with van der Waals surface area (Å²) < 4.78 is 17.2. The maximum absolute atomic E-state index is 11.9. The molecule has 0 bridgehead atoms. The first-order valence-corrected chi connectivity index (χ1v) is 10.6. The van der Waals surface area contributed by atoms with Gasteiger partial charge in [0.1, 0.15) is 0 Å². The van der Waals surface area contributed by atoms with Crippen LogP contribution < -0.4 is 4.52 Å². The molecule has 0 fully saturated rings. The molecule has 1 atom stereocenters. The van der Waals surface area contributed by atoms with Gasteiger partial charge in [-0.2, -0.15) is 0 Å². The molecule has 0 aliphatic heterocycles. The average Bonchev–Trinajstić information content (AvgIpc) is 2.16. The standard InChI is InChI=1S/C9H9O4P.Sn.H/c10-9(11)6-7-14(12)13-8-4-2-1-3-5-8;;/h1-5H,6-7H2;;/q;-1;/p+1. The molecule has 1 unspecified atom stereocenters. The molecule has 0 aromatic heterocycles. The number of para-hydroxylation sites is 1. The van der Waals surface area contributed by atoms with Crippen molar-refractivity contribution in [1.82, 2.24) is 0 Å². The van der Waals surface area contributed by atoms with Crippen LogP contribution in [0.4, 0.5) is 0 Å². The van der Waals surface area contributed by atoms with Crippen LogP contribution in [0.1, 0.15) is 6.42 Å². The van der Waals surface area contributed by atoms with E-state index in [0.29, 0.717) is 27.7 Å². The molecule has 1 aromatic carbocycles. The molecule has 0 saturated heterocycles. The van der Waals surface area contributed by atoms with E-state index in [0.717, 1.165) is 0 Å². The predicted molar refractivity (Wildman–Crippen MR) is 58.9 cm³/mol. The molecule has 2 radical (unpaired) electrons. The Morgan fingerprint density at radius 2 is 2.00 bits per heavy atom. The summed E-state index contributed by atoms with van der Waals surface area (Å²) in [5, 5.41) is 5.76. The minimum atomic E-state index is -2.72. The van der Waals surface area contributed by atoms with Crippen LogP contribution >= 0.6 is 5.02 Å². The van der Waals surface area contributed by atoms with Crippen LogP contribution in [0.3, 0.4) is 0 Å². The van der Waals surface area contributed by atoms with Crippen molar-refractivity contribution in [3.63, 3.8) is 0 Å². The second kappa shape index (κ2) is 5.56. The van der Waals surface area contributed by atoms with Crippen molar-refractivity contribution >= 4 is 33.0 Å². The number of carboxylic acid groups (broad SMARTS) is 1. The minimum absolute atomic E-state index is 0.106. The van der Waals surface area contributed by atoms with Gasteiger partial charge in [0, 0.05) is 0 Å². The van der Waals surface area contributed by atoms with Gasteiger partial charge >= 0.3 is 101 Å². The number of carbonyl (C=O) groups is 1. The van der Waals surface area contributed by atoms with Crippen molar-refractivity contribution in [1.29, 1.82) is 0 Å². The summed E-state index contributed by atoms with van der Waals surface area (Å²) in [5.74, 6) is -0.403. The van der Waals surface area contributed by atoms with E-state index in [4.69, 9.17) is 9.63 Å². The van der Waals surface area contributed by atoms with Gasteiger partial charge < -0.3 is 0 Å². The molecule has 1 rings (SSSR count). The van der Waals surface area contributed by atoms with E-state index in [1.165, 1.54) is 0 Å². The molecule has 0 spiro atoms. The number of hydrogen-bond donors (Lipinski definition) is 1. The molecule has 1 N–H and O–H groups in total. The Morgan fingerprint density at radius 3 is 2.53 bits per heavy atom. The van der Waals surface area contributed by atoms with Crippen LogP contribution in [0.15, 0.2) is 30.3 Å². The van der Waals surface area contributed by atoms with E-state index in [9.17, 15) is 9.36 Å². The van der Waals surface area contributed by atoms with Crippen LogP contribution in [-0.2, 0) is 9.36 Å². The summed E-state index contributed by atoms with van der Waals surface area (Å²) in [7, 11) is 0. The van der Waals surface area contributed by atoms with E-state index in [2.05, 4.69) is 0 Å². The first-order chi connectivity index (χ1) is 6.99. The summed E-state index contributed by atoms with van der Waals surface area (Å²) >= 11 is 0.428. The number of aliphatic carboxylic acids is 1. The molecule has 0 aliphatic rings. The van der Waals surface area contributed by atoms with Gasteiger partial charge in [0.25, 0.3) is 0 Å². The van der Waals surface area contributed by atoms with Crippen LogP contribution in [0.5, 0.6) is 5.75 Å². The van der Waals surface area contributed by atoms with Gasteiger partial charge in [0.05, 0.1) is 0 Å². The Bertz CT molecular complexity index is 379. The number of benzene rings is 1. The molecule has 4 nitrogen and oxygen atoms in total. The summed E-state index contributed by atoms with van der Waals surface area (Å²) in [6, 6.07) is 8.83. The number of carboxylic acids is 1. The van der Waals surface area contributed by atoms with Crippen molar-refractivity contribution < 1.29 is 19.0 Å². The number of rotatable bonds is 5. The van der Waals surface area contributed by atoms with Crippen molar-refractivity contribution in [3.05, 3.63) is 30.3 Å². The summed E-state index contributed by atoms with van der Waals surface area (Å²) in [6.07, 6.45) is 0.00480. The third kappa shape index (κ3) is 5.23. The molecular formula is C9H11O4PSn. The van der Waals surface area contributed by atoms with Gasteiger partial charge in [-0.1, -0.05) is 0 Å². The fourth-order valence-corrected chi connectivity index (χ4v) is 4.18. The Hall–Kier alpha value is -0.481. The fraction of sp³-hybridized carbons (Fsp3) is 0.222. The average molecular weight is 333 g/mol. The quantitative estimate of drug-likeness (QED) is 0.657. The SMILES string of the molecule is O=C(O)CC[P](=O)([SnH])Oc1ccccc1. The van der Waals surface area contributed by atoms with Crippen molar-refractivity contribution in [2.24, 2.45) is 0 Å². The Balaban J connectivity index is 2.57. The zero-order valence-corrected chi connectivity index (χ0v) is 12.2. The zero-order valence-electron chi connectivity index (χ0n) is 8.00. The summed E-state index contributed by atoms with van der Waals surface area (Å²) in [4.78, 5) is 10.3. The number of hydrogen-bond acceptors (Lipinski definition) is 3. The van der Waals surface area contributed by atoms with Crippen molar-refractivity contribution in [2.75, 3.05) is 6.16 Å². The molecule has 6 heteroatoms. The van der Waals surface area contributed by atoms with Crippen LogP contribution in [0.25, 0.3) is 0 Å². The fourth-order valence-electron chi connectivity index (χ4n) is 0.957. The Morgan fingerprint density at radius 1 is 1.40 bits per heavy atom. The second-order valence-corrected chi connectivity index (χ2v) is 11.8. The topological polar surface area (TPSA) is 63.6 Å². The first kappa shape index (κ1) is 12.6.